The van der Waals surface area contributed by atoms with Gasteiger partial charge < -0.3 is 4.74 Å². The normalized spacial score (nSPS) is 11.1. The molecule has 0 N–H and O–H groups in total. The lowest BCUT2D eigenvalue weighted by molar-refractivity contribution is 0.304. The first-order chi connectivity index (χ1) is 13.4. The van der Waals surface area contributed by atoms with E-state index in [2.05, 4.69) is 54.4 Å². The molecule has 0 unspecified atom stereocenters. The molecule has 2 nitrogen and oxygen atoms in total. The molecule has 0 heterocycles. The molecular formula is C25H35NO. The van der Waals surface area contributed by atoms with E-state index in [1.165, 1.54) is 44.1 Å². The van der Waals surface area contributed by atoms with E-state index in [-0.39, 0.29) is 0 Å². The van der Waals surface area contributed by atoms with E-state index < -0.39 is 0 Å². The molecule has 0 aliphatic rings. The zero-order valence-corrected chi connectivity index (χ0v) is 16.9. The van der Waals surface area contributed by atoms with Crippen LogP contribution in [0.15, 0.2) is 59.6 Å². The number of aliphatic imine (C=N–C) groups is 1. The summed E-state index contributed by atoms with van der Waals surface area (Å²) in [4.78, 5) is 4.55. The number of hydrogen-bond donors (Lipinski definition) is 0. The van der Waals surface area contributed by atoms with Crippen molar-refractivity contribution in [3.63, 3.8) is 0 Å². The monoisotopic (exact) mass is 365 g/mol. The van der Waals surface area contributed by atoms with Gasteiger partial charge in [-0.2, -0.15) is 0 Å². The van der Waals surface area contributed by atoms with E-state index in [1.807, 2.05) is 18.3 Å². The van der Waals surface area contributed by atoms with Crippen molar-refractivity contribution in [1.29, 1.82) is 0 Å². The van der Waals surface area contributed by atoms with Gasteiger partial charge in [-0.1, -0.05) is 69.4 Å². The summed E-state index contributed by atoms with van der Waals surface area (Å²) in [5.41, 5.74) is 2.56. The minimum absolute atomic E-state index is 0.820. The highest BCUT2D eigenvalue weighted by molar-refractivity contribution is 5.79. The highest BCUT2D eigenvalue weighted by atomic mass is 16.5. The summed E-state index contributed by atoms with van der Waals surface area (Å²) >= 11 is 0. The van der Waals surface area contributed by atoms with Crippen LogP contribution in [0, 0.1) is 0 Å². The molecule has 2 rings (SSSR count). The summed E-state index contributed by atoms with van der Waals surface area (Å²) in [7, 11) is 0. The SMILES string of the molecule is CCCCCCCCOc1ccc(C=NCCCCc2ccccc2)cc1. The number of nitrogens with zero attached hydrogens (tertiary/aromatic N) is 1. The van der Waals surface area contributed by atoms with E-state index in [9.17, 15) is 0 Å². The van der Waals surface area contributed by atoms with E-state index in [0.29, 0.717) is 0 Å². The number of benzene rings is 2. The Morgan fingerprint density at radius 1 is 0.778 bits per heavy atom. The Bertz CT molecular complexity index is 619. The zero-order valence-electron chi connectivity index (χ0n) is 16.9. The van der Waals surface area contributed by atoms with Gasteiger partial charge in [-0.25, -0.2) is 0 Å². The third kappa shape index (κ3) is 9.98. The molecule has 0 saturated heterocycles. The van der Waals surface area contributed by atoms with E-state index in [1.54, 1.807) is 0 Å². The second-order valence-corrected chi connectivity index (χ2v) is 7.16. The average Bonchev–Trinajstić information content (AvgIpc) is 2.72. The third-order valence-corrected chi connectivity index (χ3v) is 4.73. The van der Waals surface area contributed by atoms with Crippen LogP contribution in [0.1, 0.15) is 69.4 Å². The van der Waals surface area contributed by atoms with Crippen molar-refractivity contribution in [2.24, 2.45) is 4.99 Å². The fourth-order valence-electron chi connectivity index (χ4n) is 3.07. The number of unbranched alkanes of at least 4 members (excludes halogenated alkanes) is 6. The van der Waals surface area contributed by atoms with E-state index >= 15 is 0 Å². The smallest absolute Gasteiger partial charge is 0.119 e. The lowest BCUT2D eigenvalue weighted by atomic mass is 10.1. The van der Waals surface area contributed by atoms with Gasteiger partial charge in [-0.05, 0) is 61.1 Å². The van der Waals surface area contributed by atoms with Crippen molar-refractivity contribution in [1.82, 2.24) is 0 Å². The number of rotatable bonds is 14. The molecule has 0 spiro atoms. The first-order valence-electron chi connectivity index (χ1n) is 10.6. The summed E-state index contributed by atoms with van der Waals surface area (Å²) in [5, 5.41) is 0. The topological polar surface area (TPSA) is 21.6 Å². The molecule has 0 aliphatic heterocycles. The van der Waals surface area contributed by atoms with E-state index in [4.69, 9.17) is 4.74 Å². The molecule has 2 aromatic rings. The van der Waals surface area contributed by atoms with Crippen molar-refractivity contribution in [3.8, 4) is 5.75 Å². The number of ether oxygens (including phenoxy) is 1. The first kappa shape index (κ1) is 21.2. The molecule has 146 valence electrons. The van der Waals surface area contributed by atoms with Crippen LogP contribution in [0.4, 0.5) is 0 Å². The summed E-state index contributed by atoms with van der Waals surface area (Å²) in [6.45, 7) is 3.97. The Morgan fingerprint density at radius 2 is 1.52 bits per heavy atom. The quantitative estimate of drug-likeness (QED) is 0.264. The van der Waals surface area contributed by atoms with Crippen LogP contribution in [0.25, 0.3) is 0 Å². The van der Waals surface area contributed by atoms with Gasteiger partial charge in [0, 0.05) is 12.8 Å². The van der Waals surface area contributed by atoms with Crippen LogP contribution < -0.4 is 4.74 Å². The largest absolute Gasteiger partial charge is 0.494 e. The molecule has 0 bridgehead atoms. The van der Waals surface area contributed by atoms with Crippen molar-refractivity contribution in [3.05, 3.63) is 65.7 Å². The summed E-state index contributed by atoms with van der Waals surface area (Å²) in [5.74, 6) is 0.962. The summed E-state index contributed by atoms with van der Waals surface area (Å²) < 4.78 is 5.82. The molecule has 0 radical (unpaired) electrons. The molecule has 27 heavy (non-hydrogen) atoms. The molecule has 0 amide bonds. The minimum Gasteiger partial charge on any atom is -0.494 e. The standard InChI is InChI=1S/C25H35NO/c1-2-3-4-5-6-12-21-27-25-18-16-24(17-19-25)22-26-20-11-10-15-23-13-8-7-9-14-23/h7-9,13-14,16-19,22H,2-6,10-12,15,20-21H2,1H3. The fourth-order valence-corrected chi connectivity index (χ4v) is 3.07. The molecule has 2 heteroatoms. The Labute approximate surface area is 165 Å². The molecular weight excluding hydrogens is 330 g/mol. The Kier molecular flexibility index (Phi) is 11.0. The van der Waals surface area contributed by atoms with E-state index in [0.717, 1.165) is 43.7 Å². The van der Waals surface area contributed by atoms with Crippen LogP contribution in [0.5, 0.6) is 5.75 Å². The molecule has 0 aliphatic carbocycles. The maximum absolute atomic E-state index is 5.82. The lowest BCUT2D eigenvalue weighted by Gasteiger charge is -2.06. The predicted octanol–water partition coefficient (Wildman–Crippen LogP) is 6.87. The van der Waals surface area contributed by atoms with Gasteiger partial charge in [0.2, 0.25) is 0 Å². The van der Waals surface area contributed by atoms with Crippen LogP contribution in [-0.2, 0) is 6.42 Å². The van der Waals surface area contributed by atoms with Gasteiger partial charge in [0.25, 0.3) is 0 Å². The van der Waals surface area contributed by atoms with Crippen LogP contribution in [0.2, 0.25) is 0 Å². The molecule has 0 saturated carbocycles. The lowest BCUT2D eigenvalue weighted by Crippen LogP contribution is -1.97. The minimum atomic E-state index is 0.820. The van der Waals surface area contributed by atoms with Crippen LogP contribution in [0.3, 0.4) is 0 Å². The molecule has 2 aromatic carbocycles. The summed E-state index contributed by atoms with van der Waals surface area (Å²) in [6.07, 6.45) is 13.2. The number of aryl methyl sites for hydroxylation is 1. The Hall–Kier alpha value is -2.09. The first-order valence-corrected chi connectivity index (χ1v) is 10.6. The van der Waals surface area contributed by atoms with Crippen molar-refractivity contribution < 1.29 is 4.74 Å². The van der Waals surface area contributed by atoms with Gasteiger partial charge in [0.1, 0.15) is 5.75 Å². The van der Waals surface area contributed by atoms with Gasteiger partial charge in [0.15, 0.2) is 0 Å². The summed E-state index contributed by atoms with van der Waals surface area (Å²) in [6, 6.07) is 18.9. The molecule has 0 atom stereocenters. The number of hydrogen-bond acceptors (Lipinski definition) is 2. The maximum atomic E-state index is 5.82. The van der Waals surface area contributed by atoms with Crippen molar-refractivity contribution in [2.45, 2.75) is 64.7 Å². The van der Waals surface area contributed by atoms with Gasteiger partial charge >= 0.3 is 0 Å². The van der Waals surface area contributed by atoms with Crippen molar-refractivity contribution >= 4 is 6.21 Å². The fraction of sp³-hybridized carbons (Fsp3) is 0.480. The maximum Gasteiger partial charge on any atom is 0.119 e. The Morgan fingerprint density at radius 3 is 2.30 bits per heavy atom. The second-order valence-electron chi connectivity index (χ2n) is 7.16. The zero-order chi connectivity index (χ0) is 19.0. The van der Waals surface area contributed by atoms with Crippen molar-refractivity contribution in [2.75, 3.05) is 13.2 Å². The predicted molar refractivity (Wildman–Crippen MR) is 117 cm³/mol. The average molecular weight is 366 g/mol. The van der Waals surface area contributed by atoms with Crippen LogP contribution >= 0.6 is 0 Å². The van der Waals surface area contributed by atoms with Crippen LogP contribution in [-0.4, -0.2) is 19.4 Å². The second kappa shape index (κ2) is 14.0. The van der Waals surface area contributed by atoms with Gasteiger partial charge in [-0.3, -0.25) is 4.99 Å². The molecule has 0 aromatic heterocycles. The van der Waals surface area contributed by atoms with Gasteiger partial charge in [0.05, 0.1) is 6.61 Å². The third-order valence-electron chi connectivity index (χ3n) is 4.73. The van der Waals surface area contributed by atoms with Gasteiger partial charge in [-0.15, -0.1) is 0 Å². The highest BCUT2D eigenvalue weighted by Crippen LogP contribution is 2.13. The Balaban J connectivity index is 1.54. The molecule has 0 fully saturated rings. The highest BCUT2D eigenvalue weighted by Gasteiger charge is 1.96.